The maximum absolute atomic E-state index is 3.74. The molecule has 0 aliphatic heterocycles. The fourth-order valence-corrected chi connectivity index (χ4v) is 7.89. The van der Waals surface area contributed by atoms with Crippen molar-refractivity contribution in [1.29, 1.82) is 0 Å². The SMILES string of the molecule is CC[n+]1c(C=Cc2ccc(N(C)C)cc2)sc2ccccc21.CC[n+]1c(C=Cc2ccc(N(C)C)cc2)sc2ccccc21.[I-].[I-].c1cscn1. The fraction of sp³-hybridized carbons (Fsp3) is 0.195. The van der Waals surface area contributed by atoms with Gasteiger partial charge < -0.3 is 57.8 Å². The summed E-state index contributed by atoms with van der Waals surface area (Å²) < 4.78 is 7.41. The zero-order valence-corrected chi connectivity index (χ0v) is 36.7. The molecule has 266 valence electrons. The fourth-order valence-electron chi connectivity index (χ4n) is 5.28. The zero-order valence-electron chi connectivity index (χ0n) is 29.9. The highest BCUT2D eigenvalue weighted by atomic mass is 127. The molecular formula is C41H45I2N5S3. The molecule has 0 saturated carbocycles. The number of aromatic nitrogens is 3. The van der Waals surface area contributed by atoms with E-state index in [2.05, 4.69) is 187 Å². The average molecular weight is 958 g/mol. The minimum atomic E-state index is 0. The number of fused-ring (bicyclic) bond motifs is 2. The van der Waals surface area contributed by atoms with Gasteiger partial charge in [-0.2, -0.15) is 9.13 Å². The number of anilines is 2. The third kappa shape index (κ3) is 11.7. The van der Waals surface area contributed by atoms with Gasteiger partial charge in [0.1, 0.15) is 22.5 Å². The molecule has 0 N–H and O–H groups in total. The van der Waals surface area contributed by atoms with Gasteiger partial charge >= 0.3 is 0 Å². The third-order valence-corrected chi connectivity index (χ3v) is 10.7. The second kappa shape index (κ2) is 21.4. The zero-order chi connectivity index (χ0) is 34.6. The number of rotatable bonds is 8. The van der Waals surface area contributed by atoms with Gasteiger partial charge in [-0.25, -0.2) is 0 Å². The van der Waals surface area contributed by atoms with Crippen LogP contribution in [0.4, 0.5) is 11.4 Å². The van der Waals surface area contributed by atoms with E-state index >= 15 is 0 Å². The van der Waals surface area contributed by atoms with Gasteiger partial charge in [-0.3, -0.25) is 4.98 Å². The van der Waals surface area contributed by atoms with Crippen molar-refractivity contribution < 1.29 is 57.1 Å². The van der Waals surface area contributed by atoms with Crippen LogP contribution in [-0.2, 0) is 13.1 Å². The lowest BCUT2D eigenvalue weighted by Crippen LogP contribution is -3.00. The first-order chi connectivity index (χ1) is 23.9. The lowest BCUT2D eigenvalue weighted by molar-refractivity contribution is -0.665. The Hall–Kier alpha value is -3.17. The van der Waals surface area contributed by atoms with Crippen molar-refractivity contribution >= 4 is 90.1 Å². The molecule has 0 saturated heterocycles. The molecule has 0 amide bonds. The minimum Gasteiger partial charge on any atom is -1.00 e. The van der Waals surface area contributed by atoms with Crippen LogP contribution < -0.4 is 66.9 Å². The summed E-state index contributed by atoms with van der Waals surface area (Å²) >= 11 is 5.29. The lowest BCUT2D eigenvalue weighted by atomic mass is 10.2. The minimum absolute atomic E-state index is 0. The highest BCUT2D eigenvalue weighted by Crippen LogP contribution is 2.24. The van der Waals surface area contributed by atoms with E-state index < -0.39 is 0 Å². The maximum Gasteiger partial charge on any atom is 0.262 e. The van der Waals surface area contributed by atoms with Crippen molar-refractivity contribution in [3.05, 3.63) is 135 Å². The molecular weight excluding hydrogens is 912 g/mol. The predicted molar refractivity (Wildman–Crippen MR) is 217 cm³/mol. The van der Waals surface area contributed by atoms with E-state index in [1.807, 2.05) is 28.1 Å². The summed E-state index contributed by atoms with van der Waals surface area (Å²) in [7, 11) is 8.25. The van der Waals surface area contributed by atoms with Gasteiger partial charge in [0.2, 0.25) is 11.0 Å². The molecule has 5 nitrogen and oxygen atoms in total. The number of para-hydroxylation sites is 2. The summed E-state index contributed by atoms with van der Waals surface area (Å²) in [6, 6.07) is 34.4. The van der Waals surface area contributed by atoms with Crippen LogP contribution in [0.25, 0.3) is 44.7 Å². The monoisotopic (exact) mass is 957 g/mol. The molecule has 3 aromatic heterocycles. The Balaban J connectivity index is 0.000000234. The molecule has 0 spiro atoms. The summed E-state index contributed by atoms with van der Waals surface area (Å²) in [5.41, 5.74) is 9.33. The second-order valence-electron chi connectivity index (χ2n) is 11.6. The molecule has 0 unspecified atom stereocenters. The number of aryl methyl sites for hydroxylation is 2. The van der Waals surface area contributed by atoms with E-state index in [4.69, 9.17) is 0 Å². The Morgan fingerprint density at radius 3 is 1.29 bits per heavy atom. The van der Waals surface area contributed by atoms with Crippen LogP contribution in [0.2, 0.25) is 0 Å². The van der Waals surface area contributed by atoms with Crippen LogP contribution in [0.5, 0.6) is 0 Å². The molecule has 0 radical (unpaired) electrons. The predicted octanol–water partition coefficient (Wildman–Crippen LogP) is 4.04. The van der Waals surface area contributed by atoms with Gasteiger partial charge in [0.05, 0.1) is 5.51 Å². The number of benzene rings is 4. The smallest absolute Gasteiger partial charge is 0.262 e. The number of hydrogen-bond acceptors (Lipinski definition) is 6. The van der Waals surface area contributed by atoms with E-state index in [0.29, 0.717) is 0 Å². The van der Waals surface area contributed by atoms with Crippen LogP contribution in [0.3, 0.4) is 0 Å². The number of thiazole rings is 3. The van der Waals surface area contributed by atoms with Crippen molar-refractivity contribution in [2.24, 2.45) is 0 Å². The average Bonchev–Trinajstić information content (AvgIpc) is 3.90. The van der Waals surface area contributed by atoms with Gasteiger partial charge in [-0.05, 0) is 73.5 Å². The van der Waals surface area contributed by atoms with Crippen molar-refractivity contribution in [1.82, 2.24) is 4.98 Å². The van der Waals surface area contributed by atoms with E-state index in [0.717, 1.165) is 13.1 Å². The van der Waals surface area contributed by atoms with Gasteiger partial charge in [0.15, 0.2) is 0 Å². The van der Waals surface area contributed by atoms with Crippen LogP contribution in [-0.4, -0.2) is 33.2 Å². The quantitative estimate of drug-likeness (QED) is 0.170. The van der Waals surface area contributed by atoms with Crippen LogP contribution in [0, 0.1) is 0 Å². The molecule has 0 bridgehead atoms. The largest absolute Gasteiger partial charge is 1.00 e. The van der Waals surface area contributed by atoms with Gasteiger partial charge in [-0.15, -0.1) is 11.3 Å². The summed E-state index contributed by atoms with van der Waals surface area (Å²) in [5, 5.41) is 4.51. The first-order valence-electron chi connectivity index (χ1n) is 16.4. The maximum atomic E-state index is 3.74. The Kier molecular flexibility index (Phi) is 17.7. The summed E-state index contributed by atoms with van der Waals surface area (Å²) in [6.07, 6.45) is 10.6. The van der Waals surface area contributed by atoms with Crippen molar-refractivity contribution in [3.63, 3.8) is 0 Å². The van der Waals surface area contributed by atoms with E-state index in [1.54, 1.807) is 23.0 Å². The highest BCUT2D eigenvalue weighted by molar-refractivity contribution is 7.19. The van der Waals surface area contributed by atoms with E-state index in [-0.39, 0.29) is 48.0 Å². The molecule has 7 aromatic rings. The van der Waals surface area contributed by atoms with Crippen LogP contribution in [0.1, 0.15) is 35.0 Å². The molecule has 4 aromatic carbocycles. The summed E-state index contributed by atoms with van der Waals surface area (Å²) in [6.45, 7) is 6.37. The molecule has 7 rings (SSSR count). The molecule has 3 heterocycles. The van der Waals surface area contributed by atoms with Gasteiger partial charge in [0, 0.05) is 75.4 Å². The van der Waals surface area contributed by atoms with Crippen molar-refractivity contribution in [3.8, 4) is 0 Å². The van der Waals surface area contributed by atoms with E-state index in [1.165, 1.54) is 53.0 Å². The van der Waals surface area contributed by atoms with Crippen LogP contribution >= 0.6 is 34.0 Å². The van der Waals surface area contributed by atoms with Crippen molar-refractivity contribution in [2.75, 3.05) is 38.0 Å². The Morgan fingerprint density at radius 2 is 0.980 bits per heavy atom. The molecule has 0 aliphatic carbocycles. The summed E-state index contributed by atoms with van der Waals surface area (Å²) in [5.74, 6) is 0. The molecule has 10 heteroatoms. The standard InChI is InChI=1S/2C19H21N2S.C3H3NS.2HI/c2*1-4-21-17-7-5-6-8-18(17)22-19(21)14-11-15-9-12-16(13-10-15)20(2)3;1-2-5-3-4-1;;/h2*5-14H,4H2,1-3H3;1-3H;2*1H/q2*+1;;;/p-2. The van der Waals surface area contributed by atoms with Crippen molar-refractivity contribution in [2.45, 2.75) is 26.9 Å². The first-order valence-corrected chi connectivity index (χ1v) is 19.0. The first kappa shape index (κ1) is 42.2. The molecule has 0 atom stereocenters. The third-order valence-electron chi connectivity index (χ3n) is 7.91. The highest BCUT2D eigenvalue weighted by Gasteiger charge is 2.17. The Labute approximate surface area is 349 Å². The Morgan fingerprint density at radius 1 is 0.569 bits per heavy atom. The number of nitrogens with zero attached hydrogens (tertiary/aromatic N) is 5. The van der Waals surface area contributed by atoms with Gasteiger partial charge in [-0.1, -0.05) is 71.2 Å². The second-order valence-corrected chi connectivity index (χ2v) is 14.5. The van der Waals surface area contributed by atoms with Gasteiger partial charge in [0.25, 0.3) is 10.0 Å². The molecule has 0 aliphatic rings. The molecule has 0 fully saturated rings. The normalized spacial score (nSPS) is 10.6. The van der Waals surface area contributed by atoms with Crippen LogP contribution in [0.15, 0.2) is 114 Å². The molecule has 51 heavy (non-hydrogen) atoms. The topological polar surface area (TPSA) is 27.1 Å². The summed E-state index contributed by atoms with van der Waals surface area (Å²) in [4.78, 5) is 7.97. The lowest BCUT2D eigenvalue weighted by Gasteiger charge is -2.11. The Bertz CT molecular complexity index is 1940. The number of halogens is 2. The van der Waals surface area contributed by atoms with E-state index in [9.17, 15) is 0 Å². The number of hydrogen-bond donors (Lipinski definition) is 0.